The summed E-state index contributed by atoms with van der Waals surface area (Å²) < 4.78 is 0. The number of piperidine rings is 1. The average Bonchev–Trinajstić information content (AvgIpc) is 2.59. The Hall–Kier alpha value is -2.32. The summed E-state index contributed by atoms with van der Waals surface area (Å²) in [5, 5.41) is 41.2. The summed E-state index contributed by atoms with van der Waals surface area (Å²) in [6.07, 6.45) is 6.13. The van der Waals surface area contributed by atoms with E-state index >= 15 is 0 Å². The number of allylic oxidation sites excluding steroid dienone is 1. The molecule has 1 aromatic carbocycles. The highest BCUT2D eigenvalue weighted by Gasteiger charge is 2.39. The Morgan fingerprint density at radius 3 is 2.45 bits per heavy atom. The van der Waals surface area contributed by atoms with Gasteiger partial charge in [-0.2, -0.15) is 0 Å². The molecule has 0 bridgehead atoms. The van der Waals surface area contributed by atoms with Gasteiger partial charge in [0.05, 0.1) is 5.56 Å². The first-order valence-corrected chi connectivity index (χ1v) is 10.4. The lowest BCUT2D eigenvalue weighted by molar-refractivity contribution is 0.114. The number of benzene rings is 1. The number of phenols is 1. The minimum Gasteiger partial charge on any atom is -0.507 e. The predicted octanol–water partition coefficient (Wildman–Crippen LogP) is 4.20. The van der Waals surface area contributed by atoms with Gasteiger partial charge in [0, 0.05) is 42.3 Å². The molecule has 1 fully saturated rings. The molecule has 1 saturated heterocycles. The average molecular weight is 417 g/mol. The summed E-state index contributed by atoms with van der Waals surface area (Å²) in [7, 11) is 1.91. The van der Waals surface area contributed by atoms with E-state index in [9.17, 15) is 5.11 Å². The second kappa shape index (κ2) is 9.00. The van der Waals surface area contributed by atoms with Crippen LogP contribution in [0.25, 0.3) is 0 Å². The van der Waals surface area contributed by atoms with E-state index in [4.69, 9.17) is 16.2 Å². The molecule has 7 nitrogen and oxygen atoms in total. The van der Waals surface area contributed by atoms with E-state index in [0.717, 1.165) is 30.8 Å². The maximum absolute atomic E-state index is 10.2. The first kappa shape index (κ1) is 23.0. The maximum Gasteiger partial charge on any atom is 0.162 e. The van der Waals surface area contributed by atoms with Crippen LogP contribution in [0.2, 0.25) is 0 Å². The van der Waals surface area contributed by atoms with Crippen molar-refractivity contribution >= 4 is 33.9 Å². The van der Waals surface area contributed by atoms with Crippen LogP contribution in [0.1, 0.15) is 46.1 Å². The second-order valence-corrected chi connectivity index (χ2v) is 9.70. The maximum atomic E-state index is 10.2. The minimum atomic E-state index is -0.0264. The van der Waals surface area contributed by atoms with Gasteiger partial charge in [-0.25, -0.2) is 0 Å². The van der Waals surface area contributed by atoms with Crippen molar-refractivity contribution in [2.24, 2.45) is 0 Å². The van der Waals surface area contributed by atoms with Crippen molar-refractivity contribution in [3.8, 4) is 5.75 Å². The molecule has 0 spiro atoms. The Morgan fingerprint density at radius 1 is 1.24 bits per heavy atom. The van der Waals surface area contributed by atoms with Crippen LogP contribution in [-0.2, 0) is 0 Å². The fourth-order valence-electron chi connectivity index (χ4n) is 3.93. The summed E-state index contributed by atoms with van der Waals surface area (Å²) in [5.41, 5.74) is 1.01. The quantitative estimate of drug-likeness (QED) is 0.244. The van der Waals surface area contributed by atoms with Crippen molar-refractivity contribution in [1.82, 2.24) is 10.2 Å². The van der Waals surface area contributed by atoms with E-state index in [2.05, 4.69) is 38.3 Å². The van der Waals surface area contributed by atoms with Crippen LogP contribution < -0.4 is 10.6 Å². The third-order valence-electron chi connectivity index (χ3n) is 4.92. The van der Waals surface area contributed by atoms with Crippen LogP contribution in [0.15, 0.2) is 30.5 Å². The van der Waals surface area contributed by atoms with Gasteiger partial charge in [-0.05, 0) is 76.6 Å². The van der Waals surface area contributed by atoms with Crippen LogP contribution in [0.5, 0.6) is 5.75 Å². The van der Waals surface area contributed by atoms with Gasteiger partial charge in [0.2, 0.25) is 0 Å². The fourth-order valence-corrected chi connectivity index (χ4v) is 4.69. The zero-order chi connectivity index (χ0) is 21.8. The van der Waals surface area contributed by atoms with Gasteiger partial charge < -0.3 is 26.0 Å². The number of nitrogens with zero attached hydrogens (tertiary/aromatic N) is 1. The molecule has 0 aromatic heterocycles. The number of anilines is 1. The fraction of sp³-hybridized carbons (Fsp3) is 0.476. The predicted molar refractivity (Wildman–Crippen MR) is 124 cm³/mol. The summed E-state index contributed by atoms with van der Waals surface area (Å²) >= 11 is 1.04. The standard InChI is InChI=1S/C21H32N6OS/c1-20(2)12-15(13-21(3,4)26-20)27(5)19(24)29-18(23)16-11-14(7-8-17(16)28)25-10-6-9-22/h6-11,15,22-26,28H,12-13H2,1-5H3/b10-6-,22-9?,23-18?,24-19?. The van der Waals surface area contributed by atoms with Crippen molar-refractivity contribution in [3.05, 3.63) is 36.0 Å². The molecule has 0 unspecified atom stereocenters. The van der Waals surface area contributed by atoms with Crippen LogP contribution in [0.3, 0.4) is 0 Å². The van der Waals surface area contributed by atoms with E-state index in [1.54, 1.807) is 24.4 Å². The molecule has 0 amide bonds. The monoisotopic (exact) mass is 416 g/mol. The number of amidine groups is 1. The van der Waals surface area contributed by atoms with E-state index < -0.39 is 0 Å². The largest absolute Gasteiger partial charge is 0.507 e. The van der Waals surface area contributed by atoms with Gasteiger partial charge in [-0.15, -0.1) is 0 Å². The van der Waals surface area contributed by atoms with Gasteiger partial charge in [0.1, 0.15) is 10.8 Å². The zero-order valence-corrected chi connectivity index (χ0v) is 18.6. The first-order chi connectivity index (χ1) is 13.4. The highest BCUT2D eigenvalue weighted by Crippen LogP contribution is 2.33. The SMILES string of the molecule is CN(C(=N)SC(=N)c1cc(N/C=C\C=N)ccc1O)C1CC(C)(C)NC(C)(C)C1. The molecule has 6 N–H and O–H groups in total. The third kappa shape index (κ3) is 6.33. The summed E-state index contributed by atoms with van der Waals surface area (Å²) in [4.78, 5) is 1.94. The van der Waals surface area contributed by atoms with Crippen molar-refractivity contribution < 1.29 is 5.11 Å². The summed E-state index contributed by atoms with van der Waals surface area (Å²) in [5.74, 6) is 0.00340. The van der Waals surface area contributed by atoms with Crippen molar-refractivity contribution in [3.63, 3.8) is 0 Å². The zero-order valence-electron chi connectivity index (χ0n) is 17.8. The van der Waals surface area contributed by atoms with E-state index in [0.29, 0.717) is 11.3 Å². The van der Waals surface area contributed by atoms with Gasteiger partial charge in [0.15, 0.2) is 5.17 Å². The molecular formula is C21H32N6OS. The number of aromatic hydroxyl groups is 1. The number of hydrogen-bond donors (Lipinski definition) is 6. The van der Waals surface area contributed by atoms with Crippen molar-refractivity contribution in [2.45, 2.75) is 57.7 Å². The molecule has 1 aliphatic heterocycles. The normalized spacial score (nSPS) is 18.4. The Kier molecular flexibility index (Phi) is 7.13. The Bertz CT molecular complexity index is 801. The molecule has 1 aromatic rings. The molecule has 8 heteroatoms. The highest BCUT2D eigenvalue weighted by molar-refractivity contribution is 8.26. The van der Waals surface area contributed by atoms with Gasteiger partial charge in [-0.1, -0.05) is 0 Å². The molecule has 0 radical (unpaired) electrons. The molecular weight excluding hydrogens is 384 g/mol. The van der Waals surface area contributed by atoms with Crippen molar-refractivity contribution in [1.29, 1.82) is 16.2 Å². The Balaban J connectivity index is 2.10. The summed E-state index contributed by atoms with van der Waals surface area (Å²) in [6.45, 7) is 8.71. The Labute approximate surface area is 177 Å². The molecule has 158 valence electrons. The molecule has 29 heavy (non-hydrogen) atoms. The lowest BCUT2D eigenvalue weighted by atomic mass is 9.79. The van der Waals surface area contributed by atoms with Crippen LogP contribution in [-0.4, -0.2) is 50.6 Å². The molecule has 2 rings (SSSR count). The van der Waals surface area contributed by atoms with E-state index in [1.807, 2.05) is 11.9 Å². The topological polar surface area (TPSA) is 119 Å². The highest BCUT2D eigenvalue weighted by atomic mass is 32.2. The molecule has 0 saturated carbocycles. The molecule has 0 atom stereocenters. The van der Waals surface area contributed by atoms with Crippen molar-refractivity contribution in [2.75, 3.05) is 12.4 Å². The van der Waals surface area contributed by atoms with Crippen LogP contribution >= 0.6 is 11.8 Å². The first-order valence-electron chi connectivity index (χ1n) is 9.57. The lowest BCUT2D eigenvalue weighted by Gasteiger charge is -2.49. The number of hydrogen-bond acceptors (Lipinski definition) is 7. The Morgan fingerprint density at radius 2 is 1.86 bits per heavy atom. The molecule has 1 heterocycles. The number of phenolic OH excluding ortho intramolecular Hbond substituents is 1. The van der Waals surface area contributed by atoms with Gasteiger partial charge in [-0.3, -0.25) is 10.8 Å². The van der Waals surface area contributed by atoms with Gasteiger partial charge >= 0.3 is 0 Å². The van der Waals surface area contributed by atoms with Gasteiger partial charge in [0.25, 0.3) is 0 Å². The number of rotatable bonds is 5. The smallest absolute Gasteiger partial charge is 0.162 e. The number of nitrogens with one attached hydrogen (secondary N) is 5. The molecule has 0 aliphatic carbocycles. The lowest BCUT2D eigenvalue weighted by Crippen LogP contribution is -2.62. The minimum absolute atomic E-state index is 0.00340. The molecule has 1 aliphatic rings. The third-order valence-corrected chi connectivity index (χ3v) is 5.82. The van der Waals surface area contributed by atoms with Crippen LogP contribution in [0.4, 0.5) is 5.69 Å². The van der Waals surface area contributed by atoms with E-state index in [-0.39, 0.29) is 33.1 Å². The van der Waals surface area contributed by atoms with Crippen LogP contribution in [0, 0.1) is 16.2 Å². The number of thioether (sulfide) groups is 1. The summed E-state index contributed by atoms with van der Waals surface area (Å²) in [6, 6.07) is 5.09. The van der Waals surface area contributed by atoms with E-state index in [1.165, 1.54) is 6.07 Å². The second-order valence-electron chi connectivity index (χ2n) is 8.70.